The molecule has 1 aromatic rings. The first-order valence-corrected chi connectivity index (χ1v) is 9.46. The summed E-state index contributed by atoms with van der Waals surface area (Å²) in [5.74, 6) is 0.454. The minimum Gasteiger partial charge on any atom is -0.342 e. The number of aryl methyl sites for hydroxylation is 1. The lowest BCUT2D eigenvalue weighted by Gasteiger charge is -2.35. The molecule has 2 fully saturated rings. The van der Waals surface area contributed by atoms with Gasteiger partial charge >= 0.3 is 0 Å². The molecule has 134 valence electrons. The molecule has 4 nitrogen and oxygen atoms in total. The molecule has 2 amide bonds. The predicted molar refractivity (Wildman–Crippen MR) is 99.9 cm³/mol. The zero-order chi connectivity index (χ0) is 17.6. The molecule has 2 aliphatic rings. The van der Waals surface area contributed by atoms with Crippen LogP contribution in [-0.4, -0.2) is 47.8 Å². The van der Waals surface area contributed by atoms with E-state index in [1.807, 2.05) is 41.0 Å². The first-order chi connectivity index (χ1) is 12.1. The van der Waals surface area contributed by atoms with Crippen molar-refractivity contribution in [1.29, 1.82) is 0 Å². The van der Waals surface area contributed by atoms with E-state index < -0.39 is 0 Å². The molecule has 0 bridgehead atoms. The fraction of sp³-hybridized carbons (Fsp3) is 0.524. The minimum absolute atomic E-state index is 0.0466. The van der Waals surface area contributed by atoms with E-state index in [0.29, 0.717) is 19.0 Å². The molecule has 2 heterocycles. The van der Waals surface area contributed by atoms with Crippen molar-refractivity contribution in [3.63, 3.8) is 0 Å². The van der Waals surface area contributed by atoms with Crippen molar-refractivity contribution in [1.82, 2.24) is 9.80 Å². The summed E-state index contributed by atoms with van der Waals surface area (Å²) in [6, 6.07) is 8.11. The molecule has 0 aliphatic carbocycles. The molecule has 4 heteroatoms. The maximum absolute atomic E-state index is 12.6. The topological polar surface area (TPSA) is 40.6 Å². The highest BCUT2D eigenvalue weighted by molar-refractivity contribution is 5.92. The van der Waals surface area contributed by atoms with Gasteiger partial charge in [-0.25, -0.2) is 0 Å². The third kappa shape index (κ3) is 4.71. The highest BCUT2D eigenvalue weighted by Gasteiger charge is 2.30. The SMILES string of the molecule is Cc1cccc(/C=C/C(=O)N2CCC(C(=O)N3CCCCC3)CC2)c1. The number of carbonyl (C=O) groups is 2. The van der Waals surface area contributed by atoms with Crippen LogP contribution in [0.1, 0.15) is 43.2 Å². The van der Waals surface area contributed by atoms with Gasteiger partial charge in [-0.1, -0.05) is 29.8 Å². The van der Waals surface area contributed by atoms with Crippen LogP contribution in [0.4, 0.5) is 0 Å². The lowest BCUT2D eigenvalue weighted by atomic mass is 9.94. The van der Waals surface area contributed by atoms with Crippen LogP contribution in [0, 0.1) is 12.8 Å². The summed E-state index contributed by atoms with van der Waals surface area (Å²) in [6.07, 6.45) is 8.62. The van der Waals surface area contributed by atoms with E-state index in [2.05, 4.69) is 6.07 Å². The van der Waals surface area contributed by atoms with Gasteiger partial charge in [0.25, 0.3) is 0 Å². The molecule has 1 aromatic carbocycles. The lowest BCUT2D eigenvalue weighted by molar-refractivity contribution is -0.140. The lowest BCUT2D eigenvalue weighted by Crippen LogP contribution is -2.45. The first kappa shape index (κ1) is 17.7. The van der Waals surface area contributed by atoms with Crippen molar-refractivity contribution in [2.45, 2.75) is 39.0 Å². The van der Waals surface area contributed by atoms with Crippen LogP contribution in [0.5, 0.6) is 0 Å². The normalized spacial score (nSPS) is 19.4. The summed E-state index contributed by atoms with van der Waals surface area (Å²) in [5, 5.41) is 0. The van der Waals surface area contributed by atoms with Crippen molar-refractivity contribution in [3.05, 3.63) is 41.5 Å². The van der Waals surface area contributed by atoms with Crippen molar-refractivity contribution < 1.29 is 9.59 Å². The zero-order valence-corrected chi connectivity index (χ0v) is 15.1. The van der Waals surface area contributed by atoms with Crippen LogP contribution in [0.25, 0.3) is 6.08 Å². The predicted octanol–water partition coefficient (Wildman–Crippen LogP) is 3.26. The number of benzene rings is 1. The highest BCUT2D eigenvalue weighted by Crippen LogP contribution is 2.22. The average Bonchev–Trinajstić information content (AvgIpc) is 2.66. The van der Waals surface area contributed by atoms with Crippen LogP contribution in [0.2, 0.25) is 0 Å². The second kappa shape index (κ2) is 8.32. The number of hydrogen-bond acceptors (Lipinski definition) is 2. The van der Waals surface area contributed by atoms with Crippen LogP contribution < -0.4 is 0 Å². The molecular formula is C21H28N2O2. The highest BCUT2D eigenvalue weighted by atomic mass is 16.2. The number of hydrogen-bond donors (Lipinski definition) is 0. The summed E-state index contributed by atoms with van der Waals surface area (Å²) in [7, 11) is 0. The Labute approximate surface area is 150 Å². The molecule has 25 heavy (non-hydrogen) atoms. The standard InChI is InChI=1S/C21H28N2O2/c1-17-6-5-7-18(16-17)8-9-20(24)22-14-10-19(11-15-22)21(25)23-12-3-2-4-13-23/h5-9,16,19H,2-4,10-15H2,1H3/b9-8+. The third-order valence-electron chi connectivity index (χ3n) is 5.28. The van der Waals surface area contributed by atoms with Gasteiger partial charge in [0.15, 0.2) is 0 Å². The number of piperidine rings is 2. The Hall–Kier alpha value is -2.10. The Morgan fingerprint density at radius 1 is 1.00 bits per heavy atom. The van der Waals surface area contributed by atoms with E-state index in [0.717, 1.165) is 44.3 Å². The summed E-state index contributed by atoms with van der Waals surface area (Å²) in [4.78, 5) is 28.9. The van der Waals surface area contributed by atoms with E-state index in [1.54, 1.807) is 6.08 Å². The van der Waals surface area contributed by atoms with Crippen LogP contribution >= 0.6 is 0 Å². The first-order valence-electron chi connectivity index (χ1n) is 9.46. The van der Waals surface area contributed by atoms with E-state index in [1.165, 1.54) is 12.0 Å². The van der Waals surface area contributed by atoms with Gasteiger partial charge in [-0.15, -0.1) is 0 Å². The van der Waals surface area contributed by atoms with Gasteiger partial charge in [-0.3, -0.25) is 9.59 Å². The van der Waals surface area contributed by atoms with E-state index >= 15 is 0 Å². The zero-order valence-electron chi connectivity index (χ0n) is 15.1. The monoisotopic (exact) mass is 340 g/mol. The molecule has 3 rings (SSSR count). The Bertz CT molecular complexity index is 639. The van der Waals surface area contributed by atoms with Crippen molar-refractivity contribution in [2.24, 2.45) is 5.92 Å². The number of nitrogens with zero attached hydrogens (tertiary/aromatic N) is 2. The fourth-order valence-corrected chi connectivity index (χ4v) is 3.77. The van der Waals surface area contributed by atoms with Gasteiger partial charge in [0.1, 0.15) is 0 Å². The number of amides is 2. The van der Waals surface area contributed by atoms with Gasteiger partial charge < -0.3 is 9.80 Å². The molecule has 0 unspecified atom stereocenters. The second-order valence-corrected chi connectivity index (χ2v) is 7.23. The largest absolute Gasteiger partial charge is 0.342 e. The van der Waals surface area contributed by atoms with Crippen LogP contribution in [0.15, 0.2) is 30.3 Å². The Balaban J connectivity index is 1.49. The average molecular weight is 340 g/mol. The molecule has 2 saturated heterocycles. The third-order valence-corrected chi connectivity index (χ3v) is 5.28. The second-order valence-electron chi connectivity index (χ2n) is 7.23. The summed E-state index contributed by atoms with van der Waals surface area (Å²) in [6.45, 7) is 5.24. The number of rotatable bonds is 3. The summed E-state index contributed by atoms with van der Waals surface area (Å²) >= 11 is 0. The molecule has 0 radical (unpaired) electrons. The van der Waals surface area contributed by atoms with Gasteiger partial charge in [0.05, 0.1) is 0 Å². The Morgan fingerprint density at radius 3 is 2.40 bits per heavy atom. The van der Waals surface area contributed by atoms with E-state index in [4.69, 9.17) is 0 Å². The molecule has 0 N–H and O–H groups in total. The summed E-state index contributed by atoms with van der Waals surface area (Å²) < 4.78 is 0. The van der Waals surface area contributed by atoms with Crippen LogP contribution in [-0.2, 0) is 9.59 Å². The number of carbonyl (C=O) groups excluding carboxylic acids is 2. The van der Waals surface area contributed by atoms with E-state index in [-0.39, 0.29) is 11.8 Å². The fourth-order valence-electron chi connectivity index (χ4n) is 3.77. The van der Waals surface area contributed by atoms with Crippen molar-refractivity contribution in [3.8, 4) is 0 Å². The summed E-state index contributed by atoms with van der Waals surface area (Å²) in [5.41, 5.74) is 2.23. The number of likely N-dealkylation sites (tertiary alicyclic amines) is 2. The minimum atomic E-state index is 0.0466. The van der Waals surface area contributed by atoms with Crippen LogP contribution in [0.3, 0.4) is 0 Å². The Kier molecular flexibility index (Phi) is 5.90. The molecule has 2 aliphatic heterocycles. The molecule has 0 atom stereocenters. The van der Waals surface area contributed by atoms with Gasteiger partial charge in [-0.05, 0) is 50.7 Å². The van der Waals surface area contributed by atoms with Crippen molar-refractivity contribution in [2.75, 3.05) is 26.2 Å². The molecular weight excluding hydrogens is 312 g/mol. The Morgan fingerprint density at radius 2 is 1.72 bits per heavy atom. The van der Waals surface area contributed by atoms with Gasteiger partial charge in [0.2, 0.25) is 11.8 Å². The smallest absolute Gasteiger partial charge is 0.246 e. The maximum Gasteiger partial charge on any atom is 0.246 e. The maximum atomic E-state index is 12.6. The molecule has 0 saturated carbocycles. The quantitative estimate of drug-likeness (QED) is 0.793. The van der Waals surface area contributed by atoms with Crippen molar-refractivity contribution >= 4 is 17.9 Å². The molecule has 0 aromatic heterocycles. The van der Waals surface area contributed by atoms with E-state index in [9.17, 15) is 9.59 Å². The van der Waals surface area contributed by atoms with Gasteiger partial charge in [-0.2, -0.15) is 0 Å². The molecule has 0 spiro atoms. The van der Waals surface area contributed by atoms with Gasteiger partial charge in [0, 0.05) is 38.2 Å².